The molecule has 0 spiro atoms. The standard InChI is InChI=1S/C11H20N2O2/c1-8-5-13(6-9(8)7-14)11(15)10-3-2-4-12-10/h8-10,12,14H,2-7H2,1H3/t8-,9+,10-/m1/s1. The van der Waals surface area contributed by atoms with Gasteiger partial charge in [0.1, 0.15) is 0 Å². The SMILES string of the molecule is C[C@@H]1CN(C(=O)[C@H]2CCCN2)C[C@H]1CO. The number of nitrogens with one attached hydrogen (secondary N) is 1. The second-order valence-corrected chi connectivity index (χ2v) is 4.81. The topological polar surface area (TPSA) is 52.6 Å². The lowest BCUT2D eigenvalue weighted by molar-refractivity contribution is -0.132. The van der Waals surface area contributed by atoms with Crippen molar-refractivity contribution >= 4 is 5.91 Å². The van der Waals surface area contributed by atoms with E-state index in [1.165, 1.54) is 0 Å². The minimum absolute atomic E-state index is 0.0367. The molecular formula is C11H20N2O2. The van der Waals surface area contributed by atoms with Crippen LogP contribution in [0.5, 0.6) is 0 Å². The number of carbonyl (C=O) groups excluding carboxylic acids is 1. The molecule has 2 heterocycles. The van der Waals surface area contributed by atoms with Crippen molar-refractivity contribution in [1.82, 2.24) is 10.2 Å². The van der Waals surface area contributed by atoms with Crippen LogP contribution in [0.25, 0.3) is 0 Å². The van der Waals surface area contributed by atoms with Crippen molar-refractivity contribution < 1.29 is 9.90 Å². The van der Waals surface area contributed by atoms with E-state index in [-0.39, 0.29) is 24.5 Å². The summed E-state index contributed by atoms with van der Waals surface area (Å²) in [4.78, 5) is 13.9. The fourth-order valence-electron chi connectivity index (χ4n) is 2.57. The Morgan fingerprint density at radius 1 is 1.53 bits per heavy atom. The molecule has 2 rings (SSSR count). The quantitative estimate of drug-likeness (QED) is 0.668. The molecular weight excluding hydrogens is 192 g/mol. The summed E-state index contributed by atoms with van der Waals surface area (Å²) in [5.41, 5.74) is 0. The molecule has 15 heavy (non-hydrogen) atoms. The molecule has 2 aliphatic rings. The number of likely N-dealkylation sites (tertiary alicyclic amines) is 1. The maximum absolute atomic E-state index is 12.0. The van der Waals surface area contributed by atoms with Gasteiger partial charge in [-0.25, -0.2) is 0 Å². The van der Waals surface area contributed by atoms with Crippen LogP contribution in [0.2, 0.25) is 0 Å². The molecule has 0 aromatic rings. The Kier molecular flexibility index (Phi) is 3.26. The van der Waals surface area contributed by atoms with Gasteiger partial charge in [0.2, 0.25) is 5.91 Å². The zero-order valence-corrected chi connectivity index (χ0v) is 9.28. The average molecular weight is 212 g/mol. The molecule has 1 amide bonds. The Morgan fingerprint density at radius 2 is 2.33 bits per heavy atom. The summed E-state index contributed by atoms with van der Waals surface area (Å²) < 4.78 is 0. The molecule has 4 heteroatoms. The van der Waals surface area contributed by atoms with E-state index in [4.69, 9.17) is 5.11 Å². The van der Waals surface area contributed by atoms with E-state index < -0.39 is 0 Å². The molecule has 0 aliphatic carbocycles. The van der Waals surface area contributed by atoms with Gasteiger partial charge in [-0.2, -0.15) is 0 Å². The van der Waals surface area contributed by atoms with E-state index in [1.807, 2.05) is 4.90 Å². The minimum atomic E-state index is 0.0367. The van der Waals surface area contributed by atoms with E-state index in [0.717, 1.165) is 32.5 Å². The third-order valence-electron chi connectivity index (χ3n) is 3.67. The summed E-state index contributed by atoms with van der Waals surface area (Å²) in [6.45, 7) is 4.80. The first-order valence-electron chi connectivity index (χ1n) is 5.85. The Labute approximate surface area is 90.6 Å². The molecule has 0 aromatic carbocycles. The third kappa shape index (κ3) is 2.16. The molecule has 2 saturated heterocycles. The largest absolute Gasteiger partial charge is 0.396 e. The Bertz CT molecular complexity index is 239. The summed E-state index contributed by atoms with van der Waals surface area (Å²) in [6, 6.07) is 0.0367. The smallest absolute Gasteiger partial charge is 0.239 e. The maximum atomic E-state index is 12.0. The number of nitrogens with zero attached hydrogens (tertiary/aromatic N) is 1. The lowest BCUT2D eigenvalue weighted by Gasteiger charge is -2.20. The zero-order valence-electron chi connectivity index (χ0n) is 9.28. The molecule has 0 saturated carbocycles. The number of hydrogen-bond acceptors (Lipinski definition) is 3. The number of hydrogen-bond donors (Lipinski definition) is 2. The molecule has 2 fully saturated rings. The van der Waals surface area contributed by atoms with Crippen molar-refractivity contribution in [3.05, 3.63) is 0 Å². The summed E-state index contributed by atoms with van der Waals surface area (Å²) in [5, 5.41) is 12.4. The number of aliphatic hydroxyl groups excluding tert-OH is 1. The van der Waals surface area contributed by atoms with Crippen LogP contribution in [0.1, 0.15) is 19.8 Å². The highest BCUT2D eigenvalue weighted by Crippen LogP contribution is 2.23. The summed E-state index contributed by atoms with van der Waals surface area (Å²) in [6.07, 6.45) is 2.07. The lowest BCUT2D eigenvalue weighted by atomic mass is 10.00. The normalized spacial score (nSPS) is 36.1. The van der Waals surface area contributed by atoms with Gasteiger partial charge in [-0.05, 0) is 25.3 Å². The highest BCUT2D eigenvalue weighted by atomic mass is 16.3. The monoisotopic (exact) mass is 212 g/mol. The van der Waals surface area contributed by atoms with Crippen LogP contribution >= 0.6 is 0 Å². The Morgan fingerprint density at radius 3 is 2.87 bits per heavy atom. The zero-order chi connectivity index (χ0) is 10.8. The van der Waals surface area contributed by atoms with Crippen molar-refractivity contribution in [3.63, 3.8) is 0 Å². The van der Waals surface area contributed by atoms with Crippen molar-refractivity contribution in [2.45, 2.75) is 25.8 Å². The number of carbonyl (C=O) groups is 1. The van der Waals surface area contributed by atoms with E-state index in [9.17, 15) is 4.79 Å². The molecule has 2 N–H and O–H groups in total. The molecule has 0 aromatic heterocycles. The molecule has 2 aliphatic heterocycles. The van der Waals surface area contributed by atoms with Gasteiger partial charge < -0.3 is 15.3 Å². The van der Waals surface area contributed by atoms with Gasteiger partial charge in [0.05, 0.1) is 6.04 Å². The molecule has 4 nitrogen and oxygen atoms in total. The average Bonchev–Trinajstić information content (AvgIpc) is 2.85. The van der Waals surface area contributed by atoms with Gasteiger partial charge in [-0.1, -0.05) is 6.92 Å². The van der Waals surface area contributed by atoms with Crippen LogP contribution in [0.15, 0.2) is 0 Å². The highest BCUT2D eigenvalue weighted by molar-refractivity contribution is 5.82. The van der Waals surface area contributed by atoms with Gasteiger partial charge >= 0.3 is 0 Å². The van der Waals surface area contributed by atoms with Gasteiger partial charge in [0.25, 0.3) is 0 Å². The van der Waals surface area contributed by atoms with Crippen LogP contribution in [-0.2, 0) is 4.79 Å². The molecule has 86 valence electrons. The minimum Gasteiger partial charge on any atom is -0.396 e. The van der Waals surface area contributed by atoms with Gasteiger partial charge in [0, 0.05) is 25.6 Å². The third-order valence-corrected chi connectivity index (χ3v) is 3.67. The highest BCUT2D eigenvalue weighted by Gasteiger charge is 2.35. The van der Waals surface area contributed by atoms with Crippen molar-refractivity contribution in [1.29, 1.82) is 0 Å². The second kappa shape index (κ2) is 4.49. The van der Waals surface area contributed by atoms with Crippen molar-refractivity contribution in [3.8, 4) is 0 Å². The Balaban J connectivity index is 1.91. The lowest BCUT2D eigenvalue weighted by Crippen LogP contribution is -2.42. The van der Waals surface area contributed by atoms with Crippen LogP contribution in [0, 0.1) is 11.8 Å². The molecule has 0 radical (unpaired) electrons. The van der Waals surface area contributed by atoms with Gasteiger partial charge in [-0.15, -0.1) is 0 Å². The molecule has 0 bridgehead atoms. The van der Waals surface area contributed by atoms with E-state index in [0.29, 0.717) is 5.92 Å². The predicted molar refractivity (Wildman–Crippen MR) is 57.3 cm³/mol. The number of aliphatic hydroxyl groups is 1. The van der Waals surface area contributed by atoms with Crippen molar-refractivity contribution in [2.24, 2.45) is 11.8 Å². The van der Waals surface area contributed by atoms with Crippen molar-refractivity contribution in [2.75, 3.05) is 26.2 Å². The first-order valence-corrected chi connectivity index (χ1v) is 5.85. The second-order valence-electron chi connectivity index (χ2n) is 4.81. The first-order chi connectivity index (χ1) is 7.22. The fourth-order valence-corrected chi connectivity index (χ4v) is 2.57. The molecule has 0 unspecified atom stereocenters. The van der Waals surface area contributed by atoms with Gasteiger partial charge in [-0.3, -0.25) is 4.79 Å². The number of amides is 1. The van der Waals surface area contributed by atoms with E-state index in [2.05, 4.69) is 12.2 Å². The summed E-state index contributed by atoms with van der Waals surface area (Å²) in [5.74, 6) is 0.936. The molecule has 3 atom stereocenters. The maximum Gasteiger partial charge on any atom is 0.239 e. The van der Waals surface area contributed by atoms with E-state index in [1.54, 1.807) is 0 Å². The summed E-state index contributed by atoms with van der Waals surface area (Å²) in [7, 11) is 0. The number of rotatable bonds is 2. The van der Waals surface area contributed by atoms with Crippen LogP contribution in [0.3, 0.4) is 0 Å². The van der Waals surface area contributed by atoms with Crippen LogP contribution in [0.4, 0.5) is 0 Å². The predicted octanol–water partition coefficient (Wildman–Crippen LogP) is -0.175. The first kappa shape index (κ1) is 10.9. The Hall–Kier alpha value is -0.610. The van der Waals surface area contributed by atoms with Gasteiger partial charge in [0.15, 0.2) is 0 Å². The summed E-state index contributed by atoms with van der Waals surface area (Å²) >= 11 is 0. The van der Waals surface area contributed by atoms with Crippen LogP contribution < -0.4 is 5.32 Å². The van der Waals surface area contributed by atoms with E-state index >= 15 is 0 Å². The fraction of sp³-hybridized carbons (Fsp3) is 0.909. The van der Waals surface area contributed by atoms with Crippen LogP contribution in [-0.4, -0.2) is 48.2 Å².